The highest BCUT2D eigenvalue weighted by Gasteiger charge is 2.22. The van der Waals surface area contributed by atoms with Gasteiger partial charge in [-0.25, -0.2) is 9.48 Å². The van der Waals surface area contributed by atoms with E-state index in [9.17, 15) is 19.2 Å². The smallest absolute Gasteiger partial charge is 0.326 e. The standard InChI is InChI=1S/C14H14N4O6/c19-11(15-10(14(23)24)7-12(20)21)5-6-18-13(22)8-3-1-2-4-9(8)16-17-18/h1-4,10H,5-7H2,(H,15,19)(H,20,21)(H,23,24)/t10-/m1/s1. The largest absolute Gasteiger partial charge is 0.481 e. The molecule has 2 aromatic rings. The summed E-state index contributed by atoms with van der Waals surface area (Å²) < 4.78 is 0.995. The predicted molar refractivity (Wildman–Crippen MR) is 80.2 cm³/mol. The second-order valence-electron chi connectivity index (χ2n) is 4.94. The molecule has 0 aliphatic carbocycles. The van der Waals surface area contributed by atoms with Crippen LogP contribution in [0.4, 0.5) is 0 Å². The Morgan fingerprint density at radius 2 is 1.92 bits per heavy atom. The van der Waals surface area contributed by atoms with Crippen molar-refractivity contribution in [1.29, 1.82) is 0 Å². The number of benzene rings is 1. The number of carboxylic acid groups (broad SMARTS) is 2. The van der Waals surface area contributed by atoms with Gasteiger partial charge in [0.2, 0.25) is 5.91 Å². The van der Waals surface area contributed by atoms with Crippen molar-refractivity contribution in [1.82, 2.24) is 20.3 Å². The Morgan fingerprint density at radius 1 is 1.21 bits per heavy atom. The molecule has 0 unspecified atom stereocenters. The number of hydrogen-bond donors (Lipinski definition) is 3. The number of carboxylic acids is 2. The average molecular weight is 334 g/mol. The molecule has 10 heteroatoms. The van der Waals surface area contributed by atoms with Crippen LogP contribution in [0.25, 0.3) is 10.9 Å². The fourth-order valence-electron chi connectivity index (χ4n) is 2.02. The molecule has 24 heavy (non-hydrogen) atoms. The quantitative estimate of drug-likeness (QED) is 0.596. The Hall–Kier alpha value is -3.30. The summed E-state index contributed by atoms with van der Waals surface area (Å²) in [5, 5.41) is 27.5. The molecule has 0 spiro atoms. The monoisotopic (exact) mass is 334 g/mol. The highest BCUT2D eigenvalue weighted by molar-refractivity contribution is 5.86. The van der Waals surface area contributed by atoms with Gasteiger partial charge in [-0.3, -0.25) is 14.4 Å². The van der Waals surface area contributed by atoms with Crippen molar-refractivity contribution in [2.45, 2.75) is 25.4 Å². The molecule has 0 aliphatic rings. The maximum atomic E-state index is 12.2. The number of nitrogens with zero attached hydrogens (tertiary/aromatic N) is 3. The second-order valence-corrected chi connectivity index (χ2v) is 4.94. The lowest BCUT2D eigenvalue weighted by molar-refractivity contribution is -0.147. The molecule has 0 saturated carbocycles. The number of aromatic nitrogens is 3. The Bertz CT molecular complexity index is 847. The van der Waals surface area contributed by atoms with Crippen molar-refractivity contribution < 1.29 is 24.6 Å². The van der Waals surface area contributed by atoms with Crippen molar-refractivity contribution in [2.75, 3.05) is 0 Å². The first-order valence-corrected chi connectivity index (χ1v) is 6.95. The van der Waals surface area contributed by atoms with E-state index in [1.807, 2.05) is 0 Å². The topological polar surface area (TPSA) is 151 Å². The summed E-state index contributed by atoms with van der Waals surface area (Å²) in [4.78, 5) is 45.4. The van der Waals surface area contributed by atoms with Gasteiger partial charge in [-0.2, -0.15) is 0 Å². The van der Waals surface area contributed by atoms with Gasteiger partial charge in [0.15, 0.2) is 0 Å². The molecule has 0 aliphatic heterocycles. The van der Waals surface area contributed by atoms with Crippen molar-refractivity contribution in [2.24, 2.45) is 0 Å². The van der Waals surface area contributed by atoms with E-state index >= 15 is 0 Å². The molecule has 1 aromatic heterocycles. The van der Waals surface area contributed by atoms with Crippen molar-refractivity contribution >= 4 is 28.7 Å². The van der Waals surface area contributed by atoms with Crippen LogP contribution in [0.5, 0.6) is 0 Å². The Kier molecular flexibility index (Phi) is 5.20. The van der Waals surface area contributed by atoms with Crippen LogP contribution in [0.2, 0.25) is 0 Å². The summed E-state index contributed by atoms with van der Waals surface area (Å²) in [6.07, 6.45) is -0.979. The highest BCUT2D eigenvalue weighted by Crippen LogP contribution is 2.03. The molecular weight excluding hydrogens is 320 g/mol. The van der Waals surface area contributed by atoms with Crippen molar-refractivity contribution in [3.8, 4) is 0 Å². The van der Waals surface area contributed by atoms with Crippen LogP contribution >= 0.6 is 0 Å². The summed E-state index contributed by atoms with van der Waals surface area (Å²) in [7, 11) is 0. The van der Waals surface area contributed by atoms with Gasteiger partial charge in [0, 0.05) is 6.42 Å². The first-order valence-electron chi connectivity index (χ1n) is 6.95. The number of aryl methyl sites for hydroxylation is 1. The molecule has 1 aromatic carbocycles. The third kappa shape index (κ3) is 4.12. The summed E-state index contributed by atoms with van der Waals surface area (Å²) in [5.74, 6) is -3.50. The zero-order valence-electron chi connectivity index (χ0n) is 12.4. The van der Waals surface area contributed by atoms with Crippen LogP contribution in [0.15, 0.2) is 29.1 Å². The number of aliphatic carboxylic acids is 2. The van der Waals surface area contributed by atoms with Crippen LogP contribution in [0.1, 0.15) is 12.8 Å². The molecule has 1 heterocycles. The summed E-state index contributed by atoms with van der Waals surface area (Å²) in [6.45, 7) is -0.109. The van der Waals surface area contributed by atoms with E-state index in [-0.39, 0.29) is 13.0 Å². The van der Waals surface area contributed by atoms with Gasteiger partial charge in [0.05, 0.1) is 18.4 Å². The summed E-state index contributed by atoms with van der Waals surface area (Å²) in [6, 6.07) is 5.06. The van der Waals surface area contributed by atoms with Gasteiger partial charge >= 0.3 is 11.9 Å². The number of nitrogens with one attached hydrogen (secondary N) is 1. The number of carbonyl (C=O) groups excluding carboxylic acids is 1. The van der Waals surface area contributed by atoms with Crippen LogP contribution in [0, 0.1) is 0 Å². The van der Waals surface area contributed by atoms with Gasteiger partial charge in [0.1, 0.15) is 11.6 Å². The molecule has 1 amide bonds. The third-order valence-corrected chi connectivity index (χ3v) is 3.19. The molecule has 0 fully saturated rings. The molecular formula is C14H14N4O6. The van der Waals surface area contributed by atoms with E-state index in [0.717, 1.165) is 4.68 Å². The minimum atomic E-state index is -1.53. The lowest BCUT2D eigenvalue weighted by atomic mass is 10.2. The molecule has 0 bridgehead atoms. The molecule has 2 rings (SSSR count). The summed E-state index contributed by atoms with van der Waals surface area (Å²) in [5.41, 5.74) is 0.00400. The molecule has 10 nitrogen and oxygen atoms in total. The number of amides is 1. The van der Waals surface area contributed by atoms with E-state index in [0.29, 0.717) is 10.9 Å². The van der Waals surface area contributed by atoms with Crippen molar-refractivity contribution in [3.05, 3.63) is 34.6 Å². The molecule has 0 radical (unpaired) electrons. The number of fused-ring (bicyclic) bond motifs is 1. The van der Waals surface area contributed by atoms with E-state index in [1.165, 1.54) is 0 Å². The van der Waals surface area contributed by atoms with Crippen LogP contribution < -0.4 is 10.9 Å². The van der Waals surface area contributed by atoms with Gasteiger partial charge in [-0.05, 0) is 12.1 Å². The summed E-state index contributed by atoms with van der Waals surface area (Å²) >= 11 is 0. The molecule has 126 valence electrons. The van der Waals surface area contributed by atoms with Gasteiger partial charge in [0.25, 0.3) is 5.56 Å². The zero-order chi connectivity index (χ0) is 17.7. The van der Waals surface area contributed by atoms with Gasteiger partial charge in [-0.1, -0.05) is 17.3 Å². The first kappa shape index (κ1) is 17.1. The molecule has 0 saturated heterocycles. The van der Waals surface area contributed by atoms with Gasteiger partial charge < -0.3 is 15.5 Å². The number of carbonyl (C=O) groups is 3. The third-order valence-electron chi connectivity index (χ3n) is 3.19. The first-order chi connectivity index (χ1) is 11.4. The minimum Gasteiger partial charge on any atom is -0.481 e. The molecule has 1 atom stereocenters. The van der Waals surface area contributed by atoms with E-state index in [1.54, 1.807) is 24.3 Å². The Balaban J connectivity index is 2.04. The number of hydrogen-bond acceptors (Lipinski definition) is 6. The maximum Gasteiger partial charge on any atom is 0.326 e. The molecule has 3 N–H and O–H groups in total. The predicted octanol–water partition coefficient (Wildman–Crippen LogP) is -0.774. The van der Waals surface area contributed by atoms with Crippen LogP contribution in [0.3, 0.4) is 0 Å². The lowest BCUT2D eigenvalue weighted by Gasteiger charge is -2.12. The van der Waals surface area contributed by atoms with Crippen LogP contribution in [-0.2, 0) is 20.9 Å². The van der Waals surface area contributed by atoms with E-state index in [2.05, 4.69) is 15.6 Å². The van der Waals surface area contributed by atoms with E-state index in [4.69, 9.17) is 10.2 Å². The second kappa shape index (κ2) is 7.31. The average Bonchev–Trinajstić information content (AvgIpc) is 2.53. The van der Waals surface area contributed by atoms with Crippen LogP contribution in [-0.4, -0.2) is 49.1 Å². The maximum absolute atomic E-state index is 12.2. The lowest BCUT2D eigenvalue weighted by Crippen LogP contribution is -2.42. The zero-order valence-corrected chi connectivity index (χ0v) is 12.4. The SMILES string of the molecule is O=C(O)C[C@@H](NC(=O)CCn1nnc2ccccc2c1=O)C(=O)O. The Labute approximate surface area is 134 Å². The normalized spacial score (nSPS) is 11.8. The Morgan fingerprint density at radius 3 is 2.58 bits per heavy atom. The van der Waals surface area contributed by atoms with E-state index < -0.39 is 35.9 Å². The fraction of sp³-hybridized carbons (Fsp3) is 0.286. The van der Waals surface area contributed by atoms with Crippen molar-refractivity contribution in [3.63, 3.8) is 0 Å². The minimum absolute atomic E-state index is 0.109. The van der Waals surface area contributed by atoms with Gasteiger partial charge in [-0.15, -0.1) is 5.10 Å². The fourth-order valence-corrected chi connectivity index (χ4v) is 2.02. The highest BCUT2D eigenvalue weighted by atomic mass is 16.4. The number of rotatable bonds is 7.